The zero-order valence-electron chi connectivity index (χ0n) is 18.8. The zero-order valence-corrected chi connectivity index (χ0v) is 18.8. The molecule has 1 atom stereocenters. The summed E-state index contributed by atoms with van der Waals surface area (Å²) in [6.07, 6.45) is 2.93. The molecule has 3 aromatic carbocycles. The molecule has 2 heterocycles. The predicted octanol–water partition coefficient (Wildman–Crippen LogP) is 3.98. The lowest BCUT2D eigenvalue weighted by molar-refractivity contribution is 0.0508. The average Bonchev–Trinajstić information content (AvgIpc) is 3.35. The molecule has 0 amide bonds. The summed E-state index contributed by atoms with van der Waals surface area (Å²) >= 11 is 0. The Bertz CT molecular complexity index is 1190. The van der Waals surface area contributed by atoms with Crippen molar-refractivity contribution in [2.45, 2.75) is 18.6 Å². The van der Waals surface area contributed by atoms with Crippen LogP contribution >= 0.6 is 0 Å². The van der Waals surface area contributed by atoms with E-state index in [4.69, 9.17) is 4.74 Å². The first kappa shape index (κ1) is 21.5. The molecule has 0 saturated heterocycles. The van der Waals surface area contributed by atoms with Crippen molar-refractivity contribution in [2.75, 3.05) is 6.61 Å². The second-order valence-corrected chi connectivity index (χ2v) is 7.93. The van der Waals surface area contributed by atoms with E-state index < -0.39 is 17.7 Å². The summed E-state index contributed by atoms with van der Waals surface area (Å²) in [5.74, 6) is -0.457. The molecule has 0 aliphatic carbocycles. The van der Waals surface area contributed by atoms with Gasteiger partial charge in [0, 0.05) is 6.20 Å². The molecule has 4 aromatic rings. The van der Waals surface area contributed by atoms with Crippen molar-refractivity contribution < 1.29 is 9.53 Å². The largest absolute Gasteiger partial charge is 0.461 e. The Kier molecular flexibility index (Phi) is 5.82. The minimum absolute atomic E-state index is 0.280. The first-order chi connectivity index (χ1) is 16.7. The first-order valence-electron chi connectivity index (χ1n) is 11.2. The predicted molar refractivity (Wildman–Crippen MR) is 129 cm³/mol. The quantitative estimate of drug-likeness (QED) is 0.312. The van der Waals surface area contributed by atoms with Gasteiger partial charge in [-0.2, -0.15) is 0 Å². The van der Waals surface area contributed by atoms with Crippen LogP contribution in [-0.2, 0) is 10.3 Å². The third-order valence-electron chi connectivity index (χ3n) is 5.95. The van der Waals surface area contributed by atoms with E-state index >= 15 is 0 Å². The van der Waals surface area contributed by atoms with Gasteiger partial charge in [-0.15, -0.1) is 5.10 Å². The lowest BCUT2D eigenvalue weighted by Crippen LogP contribution is -2.51. The zero-order chi connectivity index (χ0) is 23.4. The molecule has 5 rings (SSSR count). The number of nitrogens with one attached hydrogen (secondary N) is 2. The molecule has 0 bridgehead atoms. The van der Waals surface area contributed by atoms with Gasteiger partial charge in [-0.1, -0.05) is 96.2 Å². The van der Waals surface area contributed by atoms with Crippen LogP contribution in [0.15, 0.2) is 109 Å². The van der Waals surface area contributed by atoms with Gasteiger partial charge < -0.3 is 15.4 Å². The van der Waals surface area contributed by atoms with Crippen LogP contribution in [0.25, 0.3) is 0 Å². The van der Waals surface area contributed by atoms with Gasteiger partial charge in [0.1, 0.15) is 5.54 Å². The van der Waals surface area contributed by atoms with Gasteiger partial charge in [0.05, 0.1) is 18.5 Å². The Hall–Kier alpha value is -4.39. The molecule has 0 spiro atoms. The van der Waals surface area contributed by atoms with Crippen LogP contribution in [-0.4, -0.2) is 27.6 Å². The second kappa shape index (κ2) is 9.23. The number of carbonyl (C=O) groups is 1. The summed E-state index contributed by atoms with van der Waals surface area (Å²) in [5.41, 5.74) is 3.74. The molecule has 0 fully saturated rings. The maximum atomic E-state index is 12.4. The molecular formula is C27H25N5O2. The number of benzene rings is 3. The normalized spacial score (nSPS) is 15.0. The molecule has 0 saturated carbocycles. The Labute approximate surface area is 198 Å². The highest BCUT2D eigenvalue weighted by molar-refractivity contribution is 5.87. The molecule has 1 aliphatic rings. The Balaban J connectivity index is 1.61. The highest BCUT2D eigenvalue weighted by atomic mass is 16.5. The van der Waals surface area contributed by atoms with Gasteiger partial charge in [-0.3, -0.25) is 0 Å². The lowest BCUT2D eigenvalue weighted by Gasteiger charge is -2.42. The topological polar surface area (TPSA) is 81.1 Å². The minimum Gasteiger partial charge on any atom is -0.461 e. The number of carbonyl (C=O) groups excluding carboxylic acids is 1. The van der Waals surface area contributed by atoms with E-state index in [1.165, 1.54) is 6.20 Å². The van der Waals surface area contributed by atoms with Gasteiger partial charge in [0.2, 0.25) is 0 Å². The van der Waals surface area contributed by atoms with Crippen molar-refractivity contribution in [2.24, 2.45) is 0 Å². The van der Waals surface area contributed by atoms with E-state index in [0.717, 1.165) is 22.4 Å². The fourth-order valence-corrected chi connectivity index (χ4v) is 4.33. The maximum Gasteiger partial charge on any atom is 0.358 e. The molecule has 7 nitrogen and oxygen atoms in total. The number of ether oxygens (including phenoxy) is 1. The summed E-state index contributed by atoms with van der Waals surface area (Å²) in [5, 5.41) is 15.2. The van der Waals surface area contributed by atoms with Crippen LogP contribution in [0.1, 0.15) is 40.3 Å². The van der Waals surface area contributed by atoms with Gasteiger partial charge in [-0.25, -0.2) is 9.48 Å². The molecule has 0 radical (unpaired) electrons. The van der Waals surface area contributed by atoms with Crippen LogP contribution in [0.3, 0.4) is 0 Å². The fourth-order valence-electron chi connectivity index (χ4n) is 4.33. The fraction of sp³-hybridized carbons (Fsp3) is 0.148. The highest BCUT2D eigenvalue weighted by Gasteiger charge is 2.40. The average molecular weight is 452 g/mol. The van der Waals surface area contributed by atoms with E-state index in [1.54, 1.807) is 11.6 Å². The summed E-state index contributed by atoms with van der Waals surface area (Å²) in [7, 11) is 0. The summed E-state index contributed by atoms with van der Waals surface area (Å²) < 4.78 is 6.73. The Morgan fingerprint density at radius 1 is 0.941 bits per heavy atom. The number of hydrogen-bond acceptors (Lipinski definition) is 6. The standard InChI is InChI=1S/C27H25N5O2/c1-2-34-26(33)24-19-29-31-32(24)25-23(18-28-25)30-27(20-12-6-3-7-13-20,21-14-8-4-9-15-21)22-16-10-5-11-17-22/h3-19,25,28,30H,2H2,1H3. The van der Waals surface area contributed by atoms with Crippen molar-refractivity contribution in [1.82, 2.24) is 25.6 Å². The molecule has 1 aromatic heterocycles. The Morgan fingerprint density at radius 3 is 1.91 bits per heavy atom. The molecule has 34 heavy (non-hydrogen) atoms. The van der Waals surface area contributed by atoms with Crippen molar-refractivity contribution >= 4 is 5.97 Å². The van der Waals surface area contributed by atoms with Crippen molar-refractivity contribution in [1.29, 1.82) is 0 Å². The highest BCUT2D eigenvalue weighted by Crippen LogP contribution is 2.39. The SMILES string of the molecule is CCOC(=O)c1cnnn1C1NC=C1NC(c1ccccc1)(c1ccccc1)c1ccccc1. The molecule has 170 valence electrons. The van der Waals surface area contributed by atoms with Crippen LogP contribution in [0.2, 0.25) is 0 Å². The van der Waals surface area contributed by atoms with E-state index in [2.05, 4.69) is 57.3 Å². The summed E-state index contributed by atoms with van der Waals surface area (Å²) in [4.78, 5) is 12.4. The summed E-state index contributed by atoms with van der Waals surface area (Å²) in [6.45, 7) is 2.05. The monoisotopic (exact) mass is 451 g/mol. The molecular weight excluding hydrogens is 426 g/mol. The minimum atomic E-state index is -0.680. The van der Waals surface area contributed by atoms with Gasteiger partial charge in [0.15, 0.2) is 11.9 Å². The Morgan fingerprint density at radius 2 is 1.47 bits per heavy atom. The lowest BCUT2D eigenvalue weighted by atomic mass is 9.76. The third-order valence-corrected chi connectivity index (χ3v) is 5.95. The van der Waals surface area contributed by atoms with E-state index in [-0.39, 0.29) is 12.3 Å². The van der Waals surface area contributed by atoms with Gasteiger partial charge >= 0.3 is 5.97 Å². The van der Waals surface area contributed by atoms with E-state index in [1.807, 2.05) is 60.8 Å². The van der Waals surface area contributed by atoms with Crippen molar-refractivity contribution in [3.05, 3.63) is 131 Å². The molecule has 1 aliphatic heterocycles. The number of rotatable bonds is 8. The number of aromatic nitrogens is 3. The van der Waals surface area contributed by atoms with Crippen molar-refractivity contribution in [3.8, 4) is 0 Å². The molecule has 7 heteroatoms. The van der Waals surface area contributed by atoms with Gasteiger partial charge in [-0.05, 0) is 23.6 Å². The van der Waals surface area contributed by atoms with Gasteiger partial charge in [0.25, 0.3) is 0 Å². The number of hydrogen-bond donors (Lipinski definition) is 2. The van der Waals surface area contributed by atoms with Crippen LogP contribution in [0, 0.1) is 0 Å². The van der Waals surface area contributed by atoms with E-state index in [0.29, 0.717) is 0 Å². The number of nitrogens with zero attached hydrogens (tertiary/aromatic N) is 3. The second-order valence-electron chi connectivity index (χ2n) is 7.93. The maximum absolute atomic E-state index is 12.4. The van der Waals surface area contributed by atoms with Crippen LogP contribution in [0.4, 0.5) is 0 Å². The molecule has 1 unspecified atom stereocenters. The number of esters is 1. The summed E-state index contributed by atoms with van der Waals surface area (Å²) in [6, 6.07) is 31.0. The van der Waals surface area contributed by atoms with E-state index in [9.17, 15) is 4.79 Å². The van der Waals surface area contributed by atoms with Crippen LogP contribution < -0.4 is 10.6 Å². The first-order valence-corrected chi connectivity index (χ1v) is 11.2. The smallest absolute Gasteiger partial charge is 0.358 e. The third kappa shape index (κ3) is 3.71. The van der Waals surface area contributed by atoms with Crippen molar-refractivity contribution in [3.63, 3.8) is 0 Å². The van der Waals surface area contributed by atoms with Crippen LogP contribution in [0.5, 0.6) is 0 Å². The molecule has 2 N–H and O–H groups in total.